The Hall–Kier alpha value is -2.04. The predicted octanol–water partition coefficient (Wildman–Crippen LogP) is 1.70. The molecule has 1 aliphatic rings. The van der Waals surface area contributed by atoms with E-state index in [0.717, 1.165) is 24.8 Å². The van der Waals surface area contributed by atoms with Gasteiger partial charge < -0.3 is 15.5 Å². The topological polar surface area (TPSA) is 86.6 Å². The first-order valence-corrected chi connectivity index (χ1v) is 6.76. The second kappa shape index (κ2) is 5.94. The van der Waals surface area contributed by atoms with Gasteiger partial charge in [-0.25, -0.2) is 0 Å². The van der Waals surface area contributed by atoms with E-state index in [2.05, 4.69) is 5.32 Å². The van der Waals surface area contributed by atoms with Gasteiger partial charge in [0.25, 0.3) is 0 Å². The fraction of sp³-hybridized carbons (Fsp3) is 0.467. The van der Waals surface area contributed by atoms with Crippen LogP contribution >= 0.6 is 0 Å². The third kappa shape index (κ3) is 3.73. The number of nitrogens with one attached hydrogen (secondary N) is 1. The second-order valence-corrected chi connectivity index (χ2v) is 5.54. The van der Waals surface area contributed by atoms with Crippen LogP contribution in [0.5, 0.6) is 5.75 Å². The molecule has 0 atom stereocenters. The normalized spacial score (nSPS) is 16.2. The van der Waals surface area contributed by atoms with Crippen LogP contribution < -0.4 is 5.32 Å². The SMILES string of the molecule is O=C(O)CC1(CNC(=O)Cc2ccc(O)cc2)CCC1. The standard InChI is InChI=1S/C15H19NO4/c17-12-4-2-11(3-5-12)8-13(18)16-10-15(6-1-7-15)9-14(19)20/h2-5,17H,1,6-10H2,(H,16,18)(H,19,20). The monoisotopic (exact) mass is 277 g/mol. The number of carboxylic acids is 1. The number of amides is 1. The van der Waals surface area contributed by atoms with Gasteiger partial charge in [-0.1, -0.05) is 18.6 Å². The number of phenolic OH excluding ortho intramolecular Hbond substituents is 1. The van der Waals surface area contributed by atoms with E-state index in [1.165, 1.54) is 0 Å². The number of aromatic hydroxyl groups is 1. The number of carbonyl (C=O) groups is 2. The van der Waals surface area contributed by atoms with Crippen LogP contribution in [0.25, 0.3) is 0 Å². The number of benzene rings is 1. The van der Waals surface area contributed by atoms with Crippen LogP contribution in [0.1, 0.15) is 31.2 Å². The van der Waals surface area contributed by atoms with Gasteiger partial charge in [0.05, 0.1) is 12.8 Å². The average Bonchev–Trinajstić information content (AvgIpc) is 2.35. The molecule has 5 nitrogen and oxygen atoms in total. The molecule has 1 amide bonds. The van der Waals surface area contributed by atoms with Gasteiger partial charge in [0, 0.05) is 6.54 Å². The van der Waals surface area contributed by atoms with E-state index in [0.29, 0.717) is 6.54 Å². The smallest absolute Gasteiger partial charge is 0.303 e. The Morgan fingerprint density at radius 2 is 1.85 bits per heavy atom. The Kier molecular flexibility index (Phi) is 4.27. The van der Waals surface area contributed by atoms with E-state index < -0.39 is 5.97 Å². The molecule has 0 saturated heterocycles. The summed E-state index contributed by atoms with van der Waals surface area (Å²) in [5, 5.41) is 20.9. The van der Waals surface area contributed by atoms with Crippen molar-refractivity contribution in [3.8, 4) is 5.75 Å². The first kappa shape index (κ1) is 14.4. The molecule has 1 aromatic carbocycles. The summed E-state index contributed by atoms with van der Waals surface area (Å²) >= 11 is 0. The Labute approximate surface area is 117 Å². The van der Waals surface area contributed by atoms with E-state index >= 15 is 0 Å². The summed E-state index contributed by atoms with van der Waals surface area (Å²) in [5.41, 5.74) is 0.567. The van der Waals surface area contributed by atoms with Gasteiger partial charge in [0.2, 0.25) is 5.91 Å². The second-order valence-electron chi connectivity index (χ2n) is 5.54. The van der Waals surface area contributed by atoms with Gasteiger partial charge in [-0.15, -0.1) is 0 Å². The zero-order chi connectivity index (χ0) is 14.6. The van der Waals surface area contributed by atoms with Gasteiger partial charge in [-0.2, -0.15) is 0 Å². The number of hydrogen-bond acceptors (Lipinski definition) is 3. The van der Waals surface area contributed by atoms with Gasteiger partial charge in [-0.3, -0.25) is 9.59 Å². The lowest BCUT2D eigenvalue weighted by Gasteiger charge is -2.40. The van der Waals surface area contributed by atoms with E-state index in [1.807, 2.05) is 0 Å². The fourth-order valence-electron chi connectivity index (χ4n) is 2.56. The van der Waals surface area contributed by atoms with Crippen molar-refractivity contribution in [1.82, 2.24) is 5.32 Å². The molecule has 0 aliphatic heterocycles. The Balaban J connectivity index is 1.82. The molecule has 5 heteroatoms. The van der Waals surface area contributed by atoms with Crippen molar-refractivity contribution >= 4 is 11.9 Å². The van der Waals surface area contributed by atoms with Crippen LogP contribution in [0.4, 0.5) is 0 Å². The molecule has 1 saturated carbocycles. The van der Waals surface area contributed by atoms with Gasteiger partial charge in [-0.05, 0) is 36.0 Å². The fourth-order valence-corrected chi connectivity index (χ4v) is 2.56. The maximum atomic E-state index is 11.8. The quantitative estimate of drug-likeness (QED) is 0.738. The number of carbonyl (C=O) groups excluding carboxylic acids is 1. The molecule has 0 radical (unpaired) electrons. The molecular weight excluding hydrogens is 258 g/mol. The molecule has 108 valence electrons. The maximum absolute atomic E-state index is 11.8. The molecule has 1 aromatic rings. The molecule has 0 bridgehead atoms. The van der Waals surface area contributed by atoms with Crippen LogP contribution in [-0.2, 0) is 16.0 Å². The maximum Gasteiger partial charge on any atom is 0.303 e. The van der Waals surface area contributed by atoms with Crippen LogP contribution in [-0.4, -0.2) is 28.6 Å². The van der Waals surface area contributed by atoms with E-state index in [1.54, 1.807) is 24.3 Å². The van der Waals surface area contributed by atoms with Crippen LogP contribution in [0.2, 0.25) is 0 Å². The average molecular weight is 277 g/mol. The molecule has 0 heterocycles. The molecule has 2 rings (SSSR count). The summed E-state index contributed by atoms with van der Waals surface area (Å²) in [7, 11) is 0. The van der Waals surface area contributed by atoms with Gasteiger partial charge >= 0.3 is 5.97 Å². The van der Waals surface area contributed by atoms with Crippen molar-refractivity contribution in [3.63, 3.8) is 0 Å². The minimum Gasteiger partial charge on any atom is -0.508 e. The van der Waals surface area contributed by atoms with Gasteiger partial charge in [0.15, 0.2) is 0 Å². The van der Waals surface area contributed by atoms with Crippen LogP contribution in [0.15, 0.2) is 24.3 Å². The summed E-state index contributed by atoms with van der Waals surface area (Å²) in [6, 6.07) is 6.48. The summed E-state index contributed by atoms with van der Waals surface area (Å²) in [5.74, 6) is -0.756. The summed E-state index contributed by atoms with van der Waals surface area (Å²) in [6.45, 7) is 0.427. The van der Waals surface area contributed by atoms with Crippen LogP contribution in [0, 0.1) is 5.41 Å². The lowest BCUT2D eigenvalue weighted by molar-refractivity contribution is -0.141. The Bertz CT molecular complexity index is 491. The number of carboxylic acid groups (broad SMARTS) is 1. The highest BCUT2D eigenvalue weighted by molar-refractivity contribution is 5.78. The first-order chi connectivity index (χ1) is 9.49. The molecule has 1 aliphatic carbocycles. The minimum atomic E-state index is -0.808. The highest BCUT2D eigenvalue weighted by Crippen LogP contribution is 2.43. The lowest BCUT2D eigenvalue weighted by atomic mass is 9.66. The minimum absolute atomic E-state index is 0.118. The van der Waals surface area contributed by atoms with Crippen molar-refractivity contribution in [1.29, 1.82) is 0 Å². The third-order valence-corrected chi connectivity index (χ3v) is 3.90. The third-order valence-electron chi connectivity index (χ3n) is 3.90. The highest BCUT2D eigenvalue weighted by Gasteiger charge is 2.39. The zero-order valence-electron chi connectivity index (χ0n) is 11.3. The highest BCUT2D eigenvalue weighted by atomic mass is 16.4. The van der Waals surface area contributed by atoms with Crippen molar-refractivity contribution in [2.45, 2.75) is 32.1 Å². The Morgan fingerprint density at radius 3 is 2.35 bits per heavy atom. The van der Waals surface area contributed by atoms with E-state index in [-0.39, 0.29) is 29.9 Å². The van der Waals surface area contributed by atoms with E-state index in [4.69, 9.17) is 10.2 Å². The van der Waals surface area contributed by atoms with E-state index in [9.17, 15) is 9.59 Å². The molecular formula is C15H19NO4. The van der Waals surface area contributed by atoms with Crippen LogP contribution in [0.3, 0.4) is 0 Å². The number of aliphatic carboxylic acids is 1. The van der Waals surface area contributed by atoms with Gasteiger partial charge in [0.1, 0.15) is 5.75 Å². The molecule has 1 fully saturated rings. The summed E-state index contributed by atoms with van der Waals surface area (Å²) in [6.07, 6.45) is 3.11. The summed E-state index contributed by atoms with van der Waals surface area (Å²) in [4.78, 5) is 22.7. The Morgan fingerprint density at radius 1 is 1.20 bits per heavy atom. The lowest BCUT2D eigenvalue weighted by Crippen LogP contribution is -2.43. The molecule has 3 N–H and O–H groups in total. The summed E-state index contributed by atoms with van der Waals surface area (Å²) < 4.78 is 0. The molecule has 0 aromatic heterocycles. The number of rotatable bonds is 6. The molecule has 0 unspecified atom stereocenters. The predicted molar refractivity (Wildman–Crippen MR) is 73.4 cm³/mol. The molecule has 20 heavy (non-hydrogen) atoms. The zero-order valence-corrected chi connectivity index (χ0v) is 11.3. The largest absolute Gasteiger partial charge is 0.508 e. The number of hydrogen-bond donors (Lipinski definition) is 3. The van der Waals surface area contributed by atoms with Crippen molar-refractivity contribution in [2.24, 2.45) is 5.41 Å². The molecule has 0 spiro atoms. The van der Waals surface area contributed by atoms with Crippen molar-refractivity contribution in [3.05, 3.63) is 29.8 Å². The number of phenols is 1. The van der Waals surface area contributed by atoms with Crippen molar-refractivity contribution < 1.29 is 19.8 Å². The van der Waals surface area contributed by atoms with Crippen molar-refractivity contribution in [2.75, 3.05) is 6.54 Å². The first-order valence-electron chi connectivity index (χ1n) is 6.76.